The van der Waals surface area contributed by atoms with Gasteiger partial charge in [0.15, 0.2) is 0 Å². The average molecular weight is 281 g/mol. The normalized spacial score (nSPS) is 24.5. The third-order valence-corrected chi connectivity index (χ3v) is 5.13. The molecule has 1 heterocycles. The van der Waals surface area contributed by atoms with E-state index in [1.54, 1.807) is 0 Å². The number of rotatable bonds is 5. The third-order valence-electron chi connectivity index (χ3n) is 5.13. The molecule has 1 unspecified atom stereocenters. The Morgan fingerprint density at radius 1 is 1.15 bits per heavy atom. The quantitative estimate of drug-likeness (QED) is 0.807. The highest BCUT2D eigenvalue weighted by Crippen LogP contribution is 2.20. The van der Waals surface area contributed by atoms with E-state index in [1.165, 1.54) is 44.9 Å². The van der Waals surface area contributed by atoms with Gasteiger partial charge in [-0.15, -0.1) is 0 Å². The largest absolute Gasteiger partial charge is 0.352 e. The van der Waals surface area contributed by atoms with Gasteiger partial charge in [-0.3, -0.25) is 9.69 Å². The lowest BCUT2D eigenvalue weighted by Crippen LogP contribution is -2.46. The third kappa shape index (κ3) is 4.74. The van der Waals surface area contributed by atoms with Crippen molar-refractivity contribution in [2.45, 2.75) is 64.0 Å². The molecule has 1 saturated carbocycles. The van der Waals surface area contributed by atoms with Gasteiger partial charge in [-0.25, -0.2) is 0 Å². The van der Waals surface area contributed by atoms with E-state index in [9.17, 15) is 4.79 Å². The molecule has 1 aliphatic carbocycles. The number of nitrogens with zero attached hydrogens (tertiary/aromatic N) is 1. The number of carbonyl (C=O) groups excluding carboxylic acids is 1. The molecule has 0 aromatic carbocycles. The van der Waals surface area contributed by atoms with Crippen molar-refractivity contribution in [2.75, 3.05) is 26.7 Å². The van der Waals surface area contributed by atoms with Crippen LogP contribution in [0.4, 0.5) is 0 Å². The molecule has 2 fully saturated rings. The van der Waals surface area contributed by atoms with Crippen LogP contribution in [0.15, 0.2) is 0 Å². The van der Waals surface area contributed by atoms with Gasteiger partial charge in [0.1, 0.15) is 0 Å². The molecule has 0 spiro atoms. The van der Waals surface area contributed by atoms with Crippen molar-refractivity contribution >= 4 is 5.91 Å². The maximum absolute atomic E-state index is 12.1. The van der Waals surface area contributed by atoms with Gasteiger partial charge in [0.25, 0.3) is 0 Å². The topological polar surface area (TPSA) is 44.4 Å². The molecule has 0 radical (unpaired) electrons. The molecule has 1 saturated heterocycles. The van der Waals surface area contributed by atoms with Crippen molar-refractivity contribution in [1.82, 2.24) is 15.5 Å². The van der Waals surface area contributed by atoms with Crippen LogP contribution < -0.4 is 10.6 Å². The van der Waals surface area contributed by atoms with Crippen molar-refractivity contribution in [3.05, 3.63) is 0 Å². The minimum Gasteiger partial charge on any atom is -0.352 e. The number of carbonyl (C=O) groups is 1. The van der Waals surface area contributed by atoms with Gasteiger partial charge >= 0.3 is 0 Å². The Balaban J connectivity index is 1.65. The van der Waals surface area contributed by atoms with Crippen LogP contribution in [0.25, 0.3) is 0 Å². The summed E-state index contributed by atoms with van der Waals surface area (Å²) in [6, 6.07) is 1.03. The Hall–Kier alpha value is -0.610. The fraction of sp³-hybridized carbons (Fsp3) is 0.938. The summed E-state index contributed by atoms with van der Waals surface area (Å²) in [5.74, 6) is 0.995. The molecular formula is C16H31N3O. The first-order valence-electron chi connectivity index (χ1n) is 8.38. The summed E-state index contributed by atoms with van der Waals surface area (Å²) in [5, 5.41) is 6.56. The highest BCUT2D eigenvalue weighted by Gasteiger charge is 2.24. The summed E-state index contributed by atoms with van der Waals surface area (Å²) < 4.78 is 0. The van der Waals surface area contributed by atoms with Crippen LogP contribution in [0.1, 0.15) is 51.9 Å². The van der Waals surface area contributed by atoms with Gasteiger partial charge in [-0.1, -0.05) is 19.3 Å². The molecule has 1 amide bonds. The maximum atomic E-state index is 12.1. The van der Waals surface area contributed by atoms with Crippen molar-refractivity contribution in [1.29, 1.82) is 0 Å². The van der Waals surface area contributed by atoms with E-state index in [-0.39, 0.29) is 5.91 Å². The highest BCUT2D eigenvalue weighted by atomic mass is 16.2. The number of nitrogens with one attached hydrogen (secondary N) is 2. The molecule has 0 aromatic rings. The Morgan fingerprint density at radius 2 is 1.80 bits per heavy atom. The number of hydrogen-bond acceptors (Lipinski definition) is 3. The average Bonchev–Trinajstić information content (AvgIpc) is 2.48. The minimum atomic E-state index is 0.233. The lowest BCUT2D eigenvalue weighted by molar-refractivity contribution is -0.123. The summed E-state index contributed by atoms with van der Waals surface area (Å²) in [7, 11) is 2.04. The Labute approximate surface area is 123 Å². The first-order chi connectivity index (χ1) is 9.69. The first kappa shape index (κ1) is 15.8. The Kier molecular flexibility index (Phi) is 6.30. The maximum Gasteiger partial charge on any atom is 0.234 e. The molecule has 2 rings (SSSR count). The zero-order valence-electron chi connectivity index (χ0n) is 13.2. The Morgan fingerprint density at radius 3 is 2.40 bits per heavy atom. The molecule has 116 valence electrons. The van der Waals surface area contributed by atoms with E-state index in [0.29, 0.717) is 18.6 Å². The summed E-state index contributed by atoms with van der Waals surface area (Å²) in [5.41, 5.74) is 0. The summed E-state index contributed by atoms with van der Waals surface area (Å²) in [6.07, 6.45) is 8.65. The molecule has 2 aliphatic rings. The van der Waals surface area contributed by atoms with E-state index in [2.05, 4.69) is 22.5 Å². The summed E-state index contributed by atoms with van der Waals surface area (Å²) in [6.45, 7) is 4.98. The molecule has 0 aromatic heterocycles. The summed E-state index contributed by atoms with van der Waals surface area (Å²) in [4.78, 5) is 14.4. The lowest BCUT2D eigenvalue weighted by atomic mass is 9.90. The molecule has 1 atom stereocenters. The van der Waals surface area contributed by atoms with E-state index in [0.717, 1.165) is 19.0 Å². The van der Waals surface area contributed by atoms with Crippen molar-refractivity contribution in [3.8, 4) is 0 Å². The standard InChI is InChI=1S/C16H31N3O/c1-13(17-2)14-8-10-19(11-9-14)12-16(20)18-15-6-4-3-5-7-15/h13-15,17H,3-12H2,1-2H3,(H,18,20). The van der Waals surface area contributed by atoms with Crippen LogP contribution in [0.5, 0.6) is 0 Å². The van der Waals surface area contributed by atoms with Crippen LogP contribution in [0, 0.1) is 5.92 Å². The van der Waals surface area contributed by atoms with Crippen LogP contribution in [0.2, 0.25) is 0 Å². The molecule has 2 N–H and O–H groups in total. The van der Waals surface area contributed by atoms with Crippen molar-refractivity contribution < 1.29 is 4.79 Å². The van der Waals surface area contributed by atoms with Gasteiger partial charge in [-0.2, -0.15) is 0 Å². The monoisotopic (exact) mass is 281 g/mol. The number of likely N-dealkylation sites (tertiary alicyclic amines) is 1. The molecule has 1 aliphatic heterocycles. The zero-order valence-corrected chi connectivity index (χ0v) is 13.2. The number of hydrogen-bond donors (Lipinski definition) is 2. The molecular weight excluding hydrogens is 250 g/mol. The van der Waals surface area contributed by atoms with Crippen LogP contribution in [-0.2, 0) is 4.79 Å². The summed E-state index contributed by atoms with van der Waals surface area (Å²) >= 11 is 0. The van der Waals surface area contributed by atoms with Crippen molar-refractivity contribution in [3.63, 3.8) is 0 Å². The number of amides is 1. The second-order valence-corrected chi connectivity index (χ2v) is 6.59. The minimum absolute atomic E-state index is 0.233. The second kappa shape index (κ2) is 7.99. The van der Waals surface area contributed by atoms with E-state index >= 15 is 0 Å². The van der Waals surface area contributed by atoms with Gasteiger partial charge in [-0.05, 0) is 58.7 Å². The molecule has 20 heavy (non-hydrogen) atoms. The molecule has 4 nitrogen and oxygen atoms in total. The Bertz CT molecular complexity index is 294. The second-order valence-electron chi connectivity index (χ2n) is 6.59. The van der Waals surface area contributed by atoms with E-state index in [4.69, 9.17) is 0 Å². The van der Waals surface area contributed by atoms with Crippen LogP contribution in [0.3, 0.4) is 0 Å². The van der Waals surface area contributed by atoms with Gasteiger partial charge in [0.2, 0.25) is 5.91 Å². The first-order valence-corrected chi connectivity index (χ1v) is 8.38. The molecule has 4 heteroatoms. The predicted octanol–water partition coefficient (Wildman–Crippen LogP) is 1.76. The molecule has 0 bridgehead atoms. The smallest absolute Gasteiger partial charge is 0.234 e. The highest BCUT2D eigenvalue weighted by molar-refractivity contribution is 5.78. The van der Waals surface area contributed by atoms with E-state index in [1.807, 2.05) is 7.05 Å². The fourth-order valence-corrected chi connectivity index (χ4v) is 3.57. The SMILES string of the molecule is CNC(C)C1CCN(CC(=O)NC2CCCCC2)CC1. The van der Waals surface area contributed by atoms with Gasteiger partial charge in [0.05, 0.1) is 6.54 Å². The predicted molar refractivity (Wildman–Crippen MR) is 82.7 cm³/mol. The zero-order chi connectivity index (χ0) is 14.4. The van der Waals surface area contributed by atoms with Gasteiger partial charge in [0, 0.05) is 12.1 Å². The van der Waals surface area contributed by atoms with Gasteiger partial charge < -0.3 is 10.6 Å². The van der Waals surface area contributed by atoms with Crippen LogP contribution >= 0.6 is 0 Å². The van der Waals surface area contributed by atoms with E-state index < -0.39 is 0 Å². The lowest BCUT2D eigenvalue weighted by Gasteiger charge is -2.34. The fourth-order valence-electron chi connectivity index (χ4n) is 3.57. The van der Waals surface area contributed by atoms with Crippen LogP contribution in [-0.4, -0.2) is 49.6 Å². The number of piperidine rings is 1. The van der Waals surface area contributed by atoms with Crippen molar-refractivity contribution in [2.24, 2.45) is 5.92 Å².